The molecule has 1 aromatic rings. The van der Waals surface area contributed by atoms with E-state index in [9.17, 15) is 10.1 Å². The van der Waals surface area contributed by atoms with Crippen molar-refractivity contribution >= 4 is 11.5 Å². The largest absolute Gasteiger partial charge is 0.376 e. The zero-order valence-corrected chi connectivity index (χ0v) is 12.5. The number of nitro groups is 1. The lowest BCUT2D eigenvalue weighted by molar-refractivity contribution is -0.384. The molecule has 1 aromatic heterocycles. The number of anilines is 1. The van der Waals surface area contributed by atoms with Crippen LogP contribution in [0.15, 0.2) is 0 Å². The highest BCUT2D eigenvalue weighted by Gasteiger charge is 2.38. The molecule has 2 rings (SSSR count). The van der Waals surface area contributed by atoms with Gasteiger partial charge in [-0.2, -0.15) is 5.10 Å². The number of hydrogen-bond donors (Lipinski definition) is 1. The molecule has 0 spiro atoms. The van der Waals surface area contributed by atoms with E-state index < -0.39 is 0 Å². The van der Waals surface area contributed by atoms with E-state index in [1.165, 1.54) is 0 Å². The molecule has 0 saturated heterocycles. The molecule has 0 amide bonds. The summed E-state index contributed by atoms with van der Waals surface area (Å²) in [4.78, 5) is 10.9. The third-order valence-corrected chi connectivity index (χ3v) is 4.00. The Kier molecular flexibility index (Phi) is 3.99. The maximum absolute atomic E-state index is 11.2. The van der Waals surface area contributed by atoms with Gasteiger partial charge in [0.1, 0.15) is 5.69 Å². The number of nitrogens with zero attached hydrogens (tertiary/aromatic N) is 3. The third-order valence-electron chi connectivity index (χ3n) is 4.00. The van der Waals surface area contributed by atoms with E-state index in [1.54, 1.807) is 18.7 Å². The van der Waals surface area contributed by atoms with Gasteiger partial charge in [-0.3, -0.25) is 10.1 Å². The normalized spacial score (nSPS) is 17.1. The van der Waals surface area contributed by atoms with E-state index in [2.05, 4.69) is 10.4 Å². The molecule has 0 unspecified atom stereocenters. The number of aromatic nitrogens is 2. The first-order chi connectivity index (χ1) is 9.40. The van der Waals surface area contributed by atoms with Crippen LogP contribution in [0, 0.1) is 17.0 Å². The van der Waals surface area contributed by atoms with Crippen LogP contribution in [0.5, 0.6) is 0 Å². The van der Waals surface area contributed by atoms with Crippen LogP contribution in [-0.4, -0.2) is 34.0 Å². The minimum absolute atomic E-state index is 0.0595. The Bertz CT molecular complexity index is 500. The molecule has 0 aliphatic heterocycles. The Morgan fingerprint density at radius 1 is 1.55 bits per heavy atom. The molecule has 112 valence electrons. The zero-order chi connectivity index (χ0) is 14.9. The second-order valence-electron chi connectivity index (χ2n) is 5.67. The van der Waals surface area contributed by atoms with Crippen molar-refractivity contribution in [3.05, 3.63) is 15.8 Å². The smallest absolute Gasteiger partial charge is 0.333 e. The lowest BCUT2D eigenvalue weighted by Crippen LogP contribution is -2.45. The summed E-state index contributed by atoms with van der Waals surface area (Å²) in [7, 11) is 1.69. The van der Waals surface area contributed by atoms with Crippen molar-refractivity contribution in [1.29, 1.82) is 0 Å². The number of rotatable bonds is 6. The number of nitrogens with one attached hydrogen (secondary N) is 1. The van der Waals surface area contributed by atoms with E-state index in [0.717, 1.165) is 19.3 Å². The van der Waals surface area contributed by atoms with Gasteiger partial charge < -0.3 is 10.1 Å². The SMILES string of the molecule is COC1(CNc2c([N+](=O)[O-])c(C)nn2C(C)C)CCC1. The van der Waals surface area contributed by atoms with Gasteiger partial charge in [0, 0.05) is 19.7 Å². The van der Waals surface area contributed by atoms with Gasteiger partial charge in [0.05, 0.1) is 10.5 Å². The van der Waals surface area contributed by atoms with Crippen LogP contribution in [-0.2, 0) is 4.74 Å². The lowest BCUT2D eigenvalue weighted by Gasteiger charge is -2.40. The number of methoxy groups -OCH3 is 1. The highest BCUT2D eigenvalue weighted by Crippen LogP contribution is 2.37. The Morgan fingerprint density at radius 2 is 2.20 bits per heavy atom. The van der Waals surface area contributed by atoms with Gasteiger partial charge in [0.2, 0.25) is 5.82 Å². The summed E-state index contributed by atoms with van der Waals surface area (Å²) in [6, 6.07) is 0.0600. The van der Waals surface area contributed by atoms with Crippen molar-refractivity contribution in [2.24, 2.45) is 0 Å². The predicted molar refractivity (Wildman–Crippen MR) is 76.1 cm³/mol. The van der Waals surface area contributed by atoms with E-state index >= 15 is 0 Å². The standard InChI is InChI=1S/C13H22N4O3/c1-9(2)16-12(11(17(18)19)10(3)15-16)14-8-13(20-4)6-5-7-13/h9,14H,5-8H2,1-4H3. The maximum Gasteiger partial charge on any atom is 0.333 e. The molecular weight excluding hydrogens is 260 g/mol. The van der Waals surface area contributed by atoms with Crippen molar-refractivity contribution in [1.82, 2.24) is 9.78 Å². The van der Waals surface area contributed by atoms with Crippen molar-refractivity contribution in [3.8, 4) is 0 Å². The second kappa shape index (κ2) is 5.40. The molecular formula is C13H22N4O3. The molecule has 1 heterocycles. The van der Waals surface area contributed by atoms with Crippen LogP contribution in [0.2, 0.25) is 0 Å². The average molecular weight is 282 g/mol. The minimum atomic E-state index is -0.371. The van der Waals surface area contributed by atoms with Crippen molar-refractivity contribution < 1.29 is 9.66 Å². The maximum atomic E-state index is 11.2. The molecule has 20 heavy (non-hydrogen) atoms. The summed E-state index contributed by atoms with van der Waals surface area (Å²) in [5.74, 6) is 0.478. The summed E-state index contributed by atoms with van der Waals surface area (Å²) < 4.78 is 7.22. The van der Waals surface area contributed by atoms with E-state index in [4.69, 9.17) is 4.74 Å². The fraction of sp³-hybridized carbons (Fsp3) is 0.769. The van der Waals surface area contributed by atoms with Crippen LogP contribution in [0.4, 0.5) is 11.5 Å². The molecule has 1 aliphatic rings. The van der Waals surface area contributed by atoms with Crippen molar-refractivity contribution in [3.63, 3.8) is 0 Å². The van der Waals surface area contributed by atoms with Gasteiger partial charge in [-0.15, -0.1) is 0 Å². The van der Waals surface area contributed by atoms with Crippen LogP contribution in [0.1, 0.15) is 44.8 Å². The molecule has 0 bridgehead atoms. The fourth-order valence-electron chi connectivity index (χ4n) is 2.56. The van der Waals surface area contributed by atoms with Gasteiger partial charge in [0.25, 0.3) is 0 Å². The van der Waals surface area contributed by atoms with Crippen LogP contribution in [0.25, 0.3) is 0 Å². The minimum Gasteiger partial charge on any atom is -0.376 e. The summed E-state index contributed by atoms with van der Waals surface area (Å²) in [5, 5.41) is 18.7. The van der Waals surface area contributed by atoms with Crippen LogP contribution >= 0.6 is 0 Å². The van der Waals surface area contributed by atoms with Crippen molar-refractivity contribution in [2.45, 2.75) is 51.7 Å². The van der Waals surface area contributed by atoms with E-state index in [-0.39, 0.29) is 22.3 Å². The third kappa shape index (κ3) is 2.49. The summed E-state index contributed by atoms with van der Waals surface area (Å²) in [5.41, 5.74) is 0.309. The molecule has 7 nitrogen and oxygen atoms in total. The topological polar surface area (TPSA) is 82.2 Å². The Hall–Kier alpha value is -1.63. The number of aryl methyl sites for hydroxylation is 1. The van der Waals surface area contributed by atoms with Crippen LogP contribution < -0.4 is 5.32 Å². The molecule has 0 aromatic carbocycles. The molecule has 0 radical (unpaired) electrons. The van der Waals surface area contributed by atoms with Gasteiger partial charge >= 0.3 is 5.69 Å². The molecule has 0 atom stereocenters. The average Bonchev–Trinajstić information content (AvgIpc) is 2.65. The fourth-order valence-corrected chi connectivity index (χ4v) is 2.56. The summed E-state index contributed by atoms with van der Waals surface area (Å²) in [6.07, 6.45) is 3.11. The Morgan fingerprint density at radius 3 is 2.60 bits per heavy atom. The Labute approximate surface area is 118 Å². The molecule has 7 heteroatoms. The highest BCUT2D eigenvalue weighted by molar-refractivity contribution is 5.60. The monoisotopic (exact) mass is 282 g/mol. The second-order valence-corrected chi connectivity index (χ2v) is 5.67. The Balaban J connectivity index is 2.26. The first kappa shape index (κ1) is 14.8. The summed E-state index contributed by atoms with van der Waals surface area (Å²) >= 11 is 0. The highest BCUT2D eigenvalue weighted by atomic mass is 16.6. The molecule has 1 aliphatic carbocycles. The number of hydrogen-bond acceptors (Lipinski definition) is 5. The van der Waals surface area contributed by atoms with E-state index in [0.29, 0.717) is 18.1 Å². The van der Waals surface area contributed by atoms with Crippen molar-refractivity contribution in [2.75, 3.05) is 19.0 Å². The van der Waals surface area contributed by atoms with E-state index in [1.807, 2.05) is 13.8 Å². The molecule has 1 fully saturated rings. The first-order valence-electron chi connectivity index (χ1n) is 6.93. The molecule has 1 saturated carbocycles. The predicted octanol–water partition coefficient (Wildman–Crippen LogP) is 2.66. The van der Waals surface area contributed by atoms with Gasteiger partial charge in [-0.25, -0.2) is 4.68 Å². The molecule has 1 N–H and O–H groups in total. The van der Waals surface area contributed by atoms with Gasteiger partial charge in [-0.05, 0) is 40.0 Å². The first-order valence-corrected chi connectivity index (χ1v) is 6.93. The lowest BCUT2D eigenvalue weighted by atomic mass is 9.80. The summed E-state index contributed by atoms with van der Waals surface area (Å²) in [6.45, 7) is 6.15. The quantitative estimate of drug-likeness (QED) is 0.640. The van der Waals surface area contributed by atoms with Gasteiger partial charge in [0.15, 0.2) is 0 Å². The van der Waals surface area contributed by atoms with Crippen LogP contribution in [0.3, 0.4) is 0 Å². The number of ether oxygens (including phenoxy) is 1. The van der Waals surface area contributed by atoms with Gasteiger partial charge in [-0.1, -0.05) is 0 Å². The zero-order valence-electron chi connectivity index (χ0n) is 12.5.